The van der Waals surface area contributed by atoms with Gasteiger partial charge in [-0.25, -0.2) is 18.4 Å². The smallest absolute Gasteiger partial charge is 0.243 e. The summed E-state index contributed by atoms with van der Waals surface area (Å²) in [5.74, 6) is 1.92. The van der Waals surface area contributed by atoms with Crippen molar-refractivity contribution in [1.29, 1.82) is 0 Å². The number of aromatic nitrogens is 3. The third-order valence-corrected chi connectivity index (χ3v) is 8.54. The van der Waals surface area contributed by atoms with Crippen LogP contribution in [0.1, 0.15) is 18.9 Å². The average molecular weight is 513 g/mol. The number of para-hydroxylation sites is 1. The molecule has 1 aliphatic heterocycles. The second kappa shape index (κ2) is 9.49. The predicted octanol–water partition coefficient (Wildman–Crippen LogP) is 4.79. The minimum Gasteiger partial charge on any atom is -0.496 e. The second-order valence-corrected chi connectivity index (χ2v) is 10.6. The molecule has 0 bridgehead atoms. The molecule has 4 aromatic rings. The first-order valence-corrected chi connectivity index (χ1v) is 13.1. The highest BCUT2D eigenvalue weighted by molar-refractivity contribution is 7.89. The van der Waals surface area contributed by atoms with Crippen molar-refractivity contribution in [3.8, 4) is 22.9 Å². The van der Waals surface area contributed by atoms with Gasteiger partial charge in [-0.15, -0.1) is 0 Å². The number of sulfonamides is 1. The van der Waals surface area contributed by atoms with Crippen molar-refractivity contribution in [3.05, 3.63) is 65.8 Å². The largest absolute Gasteiger partial charge is 0.496 e. The standard InChI is InChI=1S/C25H25ClN4O4S/c1-33-22-8-4-3-6-19(22)24-28-21-7-5-13-27-25(21)30(24)17-11-14-29(15-12-17)35(31,32)18-9-10-23(34-2)20(26)16-18/h3-10,13,16-17H,11-12,14-15H2,1-2H3. The zero-order chi connectivity index (χ0) is 24.6. The van der Waals surface area contributed by atoms with Crippen LogP contribution in [0.3, 0.4) is 0 Å². The maximum atomic E-state index is 13.3. The van der Waals surface area contributed by atoms with E-state index in [9.17, 15) is 8.42 Å². The van der Waals surface area contributed by atoms with E-state index in [-0.39, 0.29) is 16.0 Å². The molecule has 2 aromatic carbocycles. The molecular weight excluding hydrogens is 488 g/mol. The Hall–Kier alpha value is -3.14. The third kappa shape index (κ3) is 4.24. The highest BCUT2D eigenvalue weighted by Crippen LogP contribution is 2.37. The van der Waals surface area contributed by atoms with Crippen LogP contribution in [0, 0.1) is 0 Å². The van der Waals surface area contributed by atoms with E-state index in [1.165, 1.54) is 23.5 Å². The first-order chi connectivity index (χ1) is 16.9. The van der Waals surface area contributed by atoms with Gasteiger partial charge in [0.25, 0.3) is 0 Å². The van der Waals surface area contributed by atoms with Crippen LogP contribution >= 0.6 is 11.6 Å². The molecule has 0 saturated carbocycles. The van der Waals surface area contributed by atoms with Crippen molar-refractivity contribution in [2.45, 2.75) is 23.8 Å². The fourth-order valence-electron chi connectivity index (χ4n) is 4.59. The van der Waals surface area contributed by atoms with Gasteiger partial charge in [0, 0.05) is 25.3 Å². The zero-order valence-electron chi connectivity index (χ0n) is 19.4. The Bertz CT molecular complexity index is 1480. The van der Waals surface area contributed by atoms with Crippen LogP contribution in [0.2, 0.25) is 5.02 Å². The number of imidazole rings is 1. The molecule has 0 aliphatic carbocycles. The minimum absolute atomic E-state index is 0.0284. The van der Waals surface area contributed by atoms with Gasteiger partial charge in [0.15, 0.2) is 5.65 Å². The lowest BCUT2D eigenvalue weighted by molar-refractivity contribution is 0.278. The van der Waals surface area contributed by atoms with E-state index in [0.717, 1.165) is 28.3 Å². The fourth-order valence-corrected chi connectivity index (χ4v) is 6.41. The molecule has 0 spiro atoms. The second-order valence-electron chi connectivity index (χ2n) is 8.28. The molecule has 35 heavy (non-hydrogen) atoms. The van der Waals surface area contributed by atoms with Crippen LogP contribution < -0.4 is 9.47 Å². The minimum atomic E-state index is -3.68. The van der Waals surface area contributed by atoms with Crippen LogP contribution in [-0.2, 0) is 10.0 Å². The summed E-state index contributed by atoms with van der Waals surface area (Å²) in [4.78, 5) is 9.63. The molecule has 1 saturated heterocycles. The van der Waals surface area contributed by atoms with Gasteiger partial charge >= 0.3 is 0 Å². The number of nitrogens with zero attached hydrogens (tertiary/aromatic N) is 4. The molecule has 0 atom stereocenters. The van der Waals surface area contributed by atoms with Crippen molar-refractivity contribution >= 4 is 32.8 Å². The van der Waals surface area contributed by atoms with Gasteiger partial charge in [-0.2, -0.15) is 4.31 Å². The Morgan fingerprint density at radius 1 is 0.971 bits per heavy atom. The maximum absolute atomic E-state index is 13.3. The highest BCUT2D eigenvalue weighted by Gasteiger charge is 2.32. The lowest BCUT2D eigenvalue weighted by atomic mass is 10.1. The van der Waals surface area contributed by atoms with Gasteiger partial charge in [-0.1, -0.05) is 23.7 Å². The molecule has 5 rings (SSSR count). The van der Waals surface area contributed by atoms with Gasteiger partial charge in [0.1, 0.15) is 22.8 Å². The van der Waals surface area contributed by atoms with E-state index in [2.05, 4.69) is 9.55 Å². The van der Waals surface area contributed by atoms with E-state index in [1.54, 1.807) is 19.4 Å². The van der Waals surface area contributed by atoms with E-state index < -0.39 is 10.0 Å². The number of rotatable bonds is 6. The summed E-state index contributed by atoms with van der Waals surface area (Å²) in [5, 5.41) is 0.265. The van der Waals surface area contributed by atoms with Crippen LogP contribution in [0.5, 0.6) is 11.5 Å². The molecule has 2 aromatic heterocycles. The number of pyridine rings is 1. The number of hydrogen-bond donors (Lipinski definition) is 0. The third-order valence-electron chi connectivity index (χ3n) is 6.35. The van der Waals surface area contributed by atoms with Gasteiger partial charge < -0.3 is 14.0 Å². The van der Waals surface area contributed by atoms with Crippen LogP contribution in [0.4, 0.5) is 0 Å². The topological polar surface area (TPSA) is 86.6 Å². The van der Waals surface area contributed by atoms with Crippen molar-refractivity contribution in [2.75, 3.05) is 27.3 Å². The predicted molar refractivity (Wildman–Crippen MR) is 135 cm³/mol. The summed E-state index contributed by atoms with van der Waals surface area (Å²) >= 11 is 6.19. The number of benzene rings is 2. The van der Waals surface area contributed by atoms with Crippen molar-refractivity contribution in [3.63, 3.8) is 0 Å². The number of methoxy groups -OCH3 is 2. The van der Waals surface area contributed by atoms with Gasteiger partial charge in [0.05, 0.1) is 29.7 Å². The summed E-state index contributed by atoms with van der Waals surface area (Å²) in [6.45, 7) is 0.739. The molecule has 10 heteroatoms. The zero-order valence-corrected chi connectivity index (χ0v) is 21.0. The summed E-state index contributed by atoms with van der Waals surface area (Å²) in [5.41, 5.74) is 2.43. The molecule has 182 valence electrons. The molecule has 0 amide bonds. The van der Waals surface area contributed by atoms with E-state index in [4.69, 9.17) is 26.1 Å². The first kappa shape index (κ1) is 23.6. The molecule has 3 heterocycles. The Morgan fingerprint density at radius 3 is 2.43 bits per heavy atom. The molecule has 0 N–H and O–H groups in total. The number of piperidine rings is 1. The highest BCUT2D eigenvalue weighted by atomic mass is 35.5. The normalized spacial score (nSPS) is 15.4. The lowest BCUT2D eigenvalue weighted by Crippen LogP contribution is -2.39. The number of halogens is 1. The van der Waals surface area contributed by atoms with Crippen molar-refractivity contribution < 1.29 is 17.9 Å². The monoisotopic (exact) mass is 512 g/mol. The van der Waals surface area contributed by atoms with Crippen LogP contribution in [0.25, 0.3) is 22.6 Å². The molecule has 1 aliphatic rings. The summed E-state index contributed by atoms with van der Waals surface area (Å²) in [7, 11) is -0.552. The lowest BCUT2D eigenvalue weighted by Gasteiger charge is -2.32. The summed E-state index contributed by atoms with van der Waals surface area (Å²) in [6.07, 6.45) is 2.99. The maximum Gasteiger partial charge on any atom is 0.243 e. The quantitative estimate of drug-likeness (QED) is 0.369. The molecule has 0 radical (unpaired) electrons. The fraction of sp³-hybridized carbons (Fsp3) is 0.280. The summed E-state index contributed by atoms with van der Waals surface area (Å²) < 4.78 is 41.0. The number of ether oxygens (including phenoxy) is 2. The Morgan fingerprint density at radius 2 is 1.71 bits per heavy atom. The van der Waals surface area contributed by atoms with Crippen LogP contribution in [0.15, 0.2) is 65.7 Å². The molecule has 1 fully saturated rings. The van der Waals surface area contributed by atoms with Gasteiger partial charge in [-0.3, -0.25) is 0 Å². The van der Waals surface area contributed by atoms with Crippen LogP contribution in [-0.4, -0.2) is 54.6 Å². The van der Waals surface area contributed by atoms with Crippen molar-refractivity contribution in [2.24, 2.45) is 0 Å². The van der Waals surface area contributed by atoms with Crippen molar-refractivity contribution in [1.82, 2.24) is 18.8 Å². The first-order valence-electron chi connectivity index (χ1n) is 11.2. The molecule has 8 nitrogen and oxygen atoms in total. The average Bonchev–Trinajstić information content (AvgIpc) is 3.28. The molecule has 0 unspecified atom stereocenters. The summed E-state index contributed by atoms with van der Waals surface area (Å²) in [6, 6.07) is 16.1. The van der Waals surface area contributed by atoms with E-state index >= 15 is 0 Å². The SMILES string of the molecule is COc1ccc(S(=O)(=O)N2CCC(n3c(-c4ccccc4OC)nc4cccnc43)CC2)cc1Cl. The van der Waals surface area contributed by atoms with E-state index in [1.807, 2.05) is 36.4 Å². The number of hydrogen-bond acceptors (Lipinski definition) is 6. The Kier molecular flexibility index (Phi) is 6.39. The Labute approximate surface area is 209 Å². The van der Waals surface area contributed by atoms with Gasteiger partial charge in [-0.05, 0) is 55.3 Å². The Balaban J connectivity index is 1.46. The number of fused-ring (bicyclic) bond motifs is 1. The van der Waals surface area contributed by atoms with E-state index in [0.29, 0.717) is 31.7 Å². The van der Waals surface area contributed by atoms with Gasteiger partial charge in [0.2, 0.25) is 10.0 Å². The molecular formula is C25H25ClN4O4S.